The Labute approximate surface area is 97.9 Å². The van der Waals surface area contributed by atoms with Crippen LogP contribution in [0.4, 0.5) is 0 Å². The zero-order valence-corrected chi connectivity index (χ0v) is 11.0. The Morgan fingerprint density at radius 2 is 2.13 bits per heavy atom. The fourth-order valence-electron chi connectivity index (χ4n) is 1.91. The Balaban J connectivity index is 2.53. The summed E-state index contributed by atoms with van der Waals surface area (Å²) in [4.78, 5) is 1.54. The van der Waals surface area contributed by atoms with Crippen molar-refractivity contribution in [2.45, 2.75) is 52.5 Å². The fraction of sp³-hybridized carbons (Fsp3) is 0.692. The number of nitrogens with one attached hydrogen (secondary N) is 1. The van der Waals surface area contributed by atoms with Crippen LogP contribution >= 0.6 is 11.3 Å². The van der Waals surface area contributed by atoms with Crippen molar-refractivity contribution in [3.05, 3.63) is 21.9 Å². The predicted octanol–water partition coefficient (Wildman–Crippen LogP) is 4.29. The van der Waals surface area contributed by atoms with Gasteiger partial charge in [0.15, 0.2) is 0 Å². The van der Waals surface area contributed by atoms with Gasteiger partial charge in [-0.3, -0.25) is 0 Å². The molecule has 86 valence electrons. The molecule has 0 bridgehead atoms. The Hall–Kier alpha value is -0.340. The van der Waals surface area contributed by atoms with Crippen molar-refractivity contribution in [3.63, 3.8) is 0 Å². The summed E-state index contributed by atoms with van der Waals surface area (Å²) in [6.45, 7) is 7.73. The van der Waals surface area contributed by atoms with Crippen LogP contribution in [0.5, 0.6) is 0 Å². The van der Waals surface area contributed by atoms with Gasteiger partial charge < -0.3 is 5.32 Å². The summed E-state index contributed by atoms with van der Waals surface area (Å²) in [5, 5.41) is 5.80. The molecular weight excluding hydrogens is 202 g/mol. The van der Waals surface area contributed by atoms with Crippen LogP contribution in [-0.4, -0.2) is 6.54 Å². The summed E-state index contributed by atoms with van der Waals surface area (Å²) < 4.78 is 0. The first-order valence-electron chi connectivity index (χ1n) is 6.07. The first-order chi connectivity index (χ1) is 7.29. The van der Waals surface area contributed by atoms with Gasteiger partial charge in [-0.2, -0.15) is 0 Å². The van der Waals surface area contributed by atoms with Gasteiger partial charge in [0.2, 0.25) is 0 Å². The van der Waals surface area contributed by atoms with E-state index in [-0.39, 0.29) is 0 Å². The van der Waals surface area contributed by atoms with Gasteiger partial charge in [-0.05, 0) is 36.9 Å². The third-order valence-corrected chi connectivity index (χ3v) is 3.90. The van der Waals surface area contributed by atoms with Crippen molar-refractivity contribution in [1.82, 2.24) is 5.32 Å². The first-order valence-corrected chi connectivity index (χ1v) is 6.94. The van der Waals surface area contributed by atoms with E-state index >= 15 is 0 Å². The highest BCUT2D eigenvalue weighted by Gasteiger charge is 2.13. The maximum Gasteiger partial charge on any atom is 0.0417 e. The van der Waals surface area contributed by atoms with Gasteiger partial charge in [0.1, 0.15) is 0 Å². The Kier molecular flexibility index (Phi) is 5.96. The van der Waals surface area contributed by atoms with Crippen LogP contribution < -0.4 is 5.32 Å². The highest BCUT2D eigenvalue weighted by molar-refractivity contribution is 7.10. The normalized spacial score (nSPS) is 13.0. The number of thiophene rings is 1. The second kappa shape index (κ2) is 7.02. The smallest absolute Gasteiger partial charge is 0.0417 e. The second-order valence-corrected chi connectivity index (χ2v) is 5.02. The Morgan fingerprint density at radius 1 is 1.33 bits per heavy atom. The minimum Gasteiger partial charge on any atom is -0.310 e. The fourth-order valence-corrected chi connectivity index (χ4v) is 2.95. The molecule has 0 aliphatic carbocycles. The van der Waals surface area contributed by atoms with E-state index < -0.39 is 0 Å². The maximum atomic E-state index is 3.60. The van der Waals surface area contributed by atoms with Crippen molar-refractivity contribution < 1.29 is 0 Å². The first kappa shape index (κ1) is 12.7. The van der Waals surface area contributed by atoms with Gasteiger partial charge in [-0.15, -0.1) is 11.3 Å². The maximum absolute atomic E-state index is 3.60. The zero-order valence-electron chi connectivity index (χ0n) is 10.2. The molecule has 0 aliphatic rings. The lowest BCUT2D eigenvalue weighted by molar-refractivity contribution is 0.491. The van der Waals surface area contributed by atoms with Gasteiger partial charge >= 0.3 is 0 Å². The van der Waals surface area contributed by atoms with E-state index in [1.807, 2.05) is 11.3 Å². The van der Waals surface area contributed by atoms with Crippen molar-refractivity contribution in [1.29, 1.82) is 0 Å². The molecule has 1 atom stereocenters. The largest absolute Gasteiger partial charge is 0.310 e. The second-order valence-electron chi connectivity index (χ2n) is 4.07. The van der Waals surface area contributed by atoms with Crippen LogP contribution in [0.25, 0.3) is 0 Å². The number of aryl methyl sites for hydroxylation is 1. The van der Waals surface area contributed by atoms with Gasteiger partial charge in [0.05, 0.1) is 0 Å². The summed E-state index contributed by atoms with van der Waals surface area (Å²) in [5.74, 6) is 0. The summed E-state index contributed by atoms with van der Waals surface area (Å²) in [6.07, 6.45) is 5.28. The molecule has 1 nitrogen and oxygen atoms in total. The van der Waals surface area contributed by atoms with E-state index in [9.17, 15) is 0 Å². The summed E-state index contributed by atoms with van der Waals surface area (Å²) in [6, 6.07) is 2.81. The molecule has 0 amide bonds. The van der Waals surface area contributed by atoms with Crippen LogP contribution in [0.1, 0.15) is 56.0 Å². The molecule has 1 rings (SSSR count). The van der Waals surface area contributed by atoms with Gasteiger partial charge in [0, 0.05) is 10.9 Å². The number of unbranched alkanes of at least 4 members (excludes halogenated alkanes) is 2. The lowest BCUT2D eigenvalue weighted by atomic mass is 10.0. The topological polar surface area (TPSA) is 12.0 Å². The summed E-state index contributed by atoms with van der Waals surface area (Å²) >= 11 is 1.89. The molecular formula is C13H23NS. The molecule has 0 aliphatic heterocycles. The molecule has 0 aromatic carbocycles. The third-order valence-electron chi connectivity index (χ3n) is 2.77. The van der Waals surface area contributed by atoms with Crippen LogP contribution in [0.3, 0.4) is 0 Å². The van der Waals surface area contributed by atoms with Crippen molar-refractivity contribution in [2.75, 3.05) is 6.54 Å². The molecule has 0 fully saturated rings. The average molecular weight is 225 g/mol. The highest BCUT2D eigenvalue weighted by Crippen LogP contribution is 2.27. The van der Waals surface area contributed by atoms with E-state index in [0.717, 1.165) is 6.54 Å². The molecule has 0 spiro atoms. The molecule has 1 aromatic rings. The molecule has 0 saturated carbocycles. The number of hydrogen-bond donors (Lipinski definition) is 1. The molecule has 0 radical (unpaired) electrons. The molecule has 1 heterocycles. The molecule has 1 unspecified atom stereocenters. The van der Waals surface area contributed by atoms with E-state index in [0.29, 0.717) is 6.04 Å². The van der Waals surface area contributed by atoms with E-state index in [1.54, 1.807) is 0 Å². The molecule has 1 N–H and O–H groups in total. The molecule has 15 heavy (non-hydrogen) atoms. The van der Waals surface area contributed by atoms with Crippen molar-refractivity contribution in [3.8, 4) is 0 Å². The van der Waals surface area contributed by atoms with Crippen molar-refractivity contribution >= 4 is 11.3 Å². The quantitative estimate of drug-likeness (QED) is 0.683. The van der Waals surface area contributed by atoms with E-state index in [1.165, 1.54) is 36.1 Å². The average Bonchev–Trinajstić information content (AvgIpc) is 2.64. The Morgan fingerprint density at radius 3 is 2.67 bits per heavy atom. The predicted molar refractivity (Wildman–Crippen MR) is 69.6 cm³/mol. The van der Waals surface area contributed by atoms with Gasteiger partial charge in [-0.25, -0.2) is 0 Å². The lowest BCUT2D eigenvalue weighted by Crippen LogP contribution is -2.20. The summed E-state index contributed by atoms with van der Waals surface area (Å²) in [5.41, 5.74) is 1.45. The highest BCUT2D eigenvalue weighted by atomic mass is 32.1. The number of rotatable bonds is 7. The van der Waals surface area contributed by atoms with Gasteiger partial charge in [-0.1, -0.05) is 33.1 Å². The van der Waals surface area contributed by atoms with Crippen LogP contribution in [0, 0.1) is 6.92 Å². The number of hydrogen-bond acceptors (Lipinski definition) is 2. The zero-order chi connectivity index (χ0) is 11.1. The van der Waals surface area contributed by atoms with Gasteiger partial charge in [0.25, 0.3) is 0 Å². The van der Waals surface area contributed by atoms with Crippen molar-refractivity contribution in [2.24, 2.45) is 0 Å². The lowest BCUT2D eigenvalue weighted by Gasteiger charge is -2.17. The van der Waals surface area contributed by atoms with Crippen LogP contribution in [0.15, 0.2) is 11.4 Å². The van der Waals surface area contributed by atoms with Crippen LogP contribution in [-0.2, 0) is 0 Å². The SMILES string of the molecule is CCCCCC(NCC)c1sccc1C. The minimum atomic E-state index is 0.585. The third kappa shape index (κ3) is 3.96. The Bertz CT molecular complexity index is 267. The van der Waals surface area contributed by atoms with Crippen LogP contribution in [0.2, 0.25) is 0 Å². The monoisotopic (exact) mass is 225 g/mol. The standard InChI is InChI=1S/C13H23NS/c1-4-6-7-8-12(14-5-2)13-11(3)9-10-15-13/h9-10,12,14H,4-8H2,1-3H3. The molecule has 1 aromatic heterocycles. The minimum absolute atomic E-state index is 0.585. The molecule has 2 heteroatoms. The summed E-state index contributed by atoms with van der Waals surface area (Å²) in [7, 11) is 0. The molecule has 0 saturated heterocycles. The van der Waals surface area contributed by atoms with E-state index in [2.05, 4.69) is 37.5 Å². The van der Waals surface area contributed by atoms with E-state index in [4.69, 9.17) is 0 Å².